The SMILES string of the molecule is CC(=O)[O-].CCOC1C[C@@H]2C=C([O])C[C@@H]2O1.[Pd]. The average molecular weight is 335 g/mol. The molecular formula is C11H16O5Pd-. The Morgan fingerprint density at radius 2 is 2.24 bits per heavy atom. The molecule has 1 radical (unpaired) electrons. The largest absolute Gasteiger partial charge is 0.550 e. The van der Waals surface area contributed by atoms with Gasteiger partial charge in [-0.25, -0.2) is 0 Å². The van der Waals surface area contributed by atoms with Crippen LogP contribution in [0.3, 0.4) is 0 Å². The van der Waals surface area contributed by atoms with E-state index in [0.717, 1.165) is 13.3 Å². The molecule has 0 spiro atoms. The van der Waals surface area contributed by atoms with Crippen LogP contribution in [0.15, 0.2) is 11.8 Å². The van der Waals surface area contributed by atoms with Gasteiger partial charge in [0.15, 0.2) is 12.0 Å². The molecule has 2 aliphatic rings. The first-order chi connectivity index (χ1) is 7.52. The predicted molar refractivity (Wildman–Crippen MR) is 52.5 cm³/mol. The van der Waals surface area contributed by atoms with Gasteiger partial charge in [0.1, 0.15) is 0 Å². The zero-order valence-electron chi connectivity index (χ0n) is 9.79. The third-order valence-corrected chi connectivity index (χ3v) is 2.42. The van der Waals surface area contributed by atoms with Gasteiger partial charge in [-0.3, -0.25) is 5.11 Å². The second-order valence-electron chi connectivity index (χ2n) is 3.79. The second kappa shape index (κ2) is 7.83. The Kier molecular flexibility index (Phi) is 7.64. The maximum absolute atomic E-state index is 10.9. The van der Waals surface area contributed by atoms with E-state index in [1.165, 1.54) is 0 Å². The fourth-order valence-corrected chi connectivity index (χ4v) is 1.90. The van der Waals surface area contributed by atoms with Gasteiger partial charge in [0.2, 0.25) is 0 Å². The van der Waals surface area contributed by atoms with Crippen LogP contribution in [-0.2, 0) is 39.8 Å². The van der Waals surface area contributed by atoms with E-state index in [2.05, 4.69) is 0 Å². The summed E-state index contributed by atoms with van der Waals surface area (Å²) in [4.78, 5) is 8.89. The summed E-state index contributed by atoms with van der Waals surface area (Å²) < 4.78 is 10.8. The average Bonchev–Trinajstić information content (AvgIpc) is 2.60. The van der Waals surface area contributed by atoms with Crippen molar-refractivity contribution >= 4 is 5.97 Å². The molecule has 6 heteroatoms. The van der Waals surface area contributed by atoms with Crippen molar-refractivity contribution in [2.45, 2.75) is 39.1 Å². The number of carboxylic acids is 1. The Hall–Kier alpha value is -0.408. The van der Waals surface area contributed by atoms with Gasteiger partial charge in [-0.2, -0.15) is 0 Å². The molecule has 0 aromatic carbocycles. The smallest absolute Gasteiger partial charge is 0.158 e. The number of carboxylic acid groups (broad SMARTS) is 1. The minimum atomic E-state index is -1.08. The van der Waals surface area contributed by atoms with E-state index < -0.39 is 5.97 Å². The Labute approximate surface area is 114 Å². The molecule has 5 nitrogen and oxygen atoms in total. The number of carbonyl (C=O) groups excluding carboxylic acids is 1. The van der Waals surface area contributed by atoms with Gasteiger partial charge in [0.25, 0.3) is 0 Å². The summed E-state index contributed by atoms with van der Waals surface area (Å²) >= 11 is 0. The third kappa shape index (κ3) is 5.64. The van der Waals surface area contributed by atoms with Crippen LogP contribution >= 0.6 is 0 Å². The summed E-state index contributed by atoms with van der Waals surface area (Å²) in [5.41, 5.74) is 0. The fraction of sp³-hybridized carbons (Fsp3) is 0.727. The van der Waals surface area contributed by atoms with Crippen molar-refractivity contribution in [3.8, 4) is 0 Å². The van der Waals surface area contributed by atoms with Gasteiger partial charge in [-0.05, 0) is 19.9 Å². The first-order valence-electron chi connectivity index (χ1n) is 5.35. The second-order valence-corrected chi connectivity index (χ2v) is 3.79. The number of hydrogen-bond donors (Lipinski definition) is 0. The first kappa shape index (κ1) is 16.6. The molecule has 1 fully saturated rings. The van der Waals surface area contributed by atoms with Crippen LogP contribution in [0, 0.1) is 5.92 Å². The van der Waals surface area contributed by atoms with Crippen molar-refractivity contribution < 1.29 is 44.9 Å². The minimum absolute atomic E-state index is 0. The summed E-state index contributed by atoms with van der Waals surface area (Å²) in [6.45, 7) is 3.60. The minimum Gasteiger partial charge on any atom is -0.550 e. The zero-order chi connectivity index (χ0) is 12.1. The Morgan fingerprint density at radius 3 is 2.71 bits per heavy atom. The monoisotopic (exact) mass is 334 g/mol. The van der Waals surface area contributed by atoms with E-state index in [0.29, 0.717) is 18.9 Å². The summed E-state index contributed by atoms with van der Waals surface area (Å²) in [6.07, 6.45) is 3.21. The van der Waals surface area contributed by atoms with Crippen LogP contribution in [-0.4, -0.2) is 25.0 Å². The maximum Gasteiger partial charge on any atom is 0.158 e. The molecule has 3 atom stereocenters. The van der Waals surface area contributed by atoms with Crippen LogP contribution in [0.1, 0.15) is 26.7 Å². The fourth-order valence-electron chi connectivity index (χ4n) is 1.90. The van der Waals surface area contributed by atoms with Crippen LogP contribution in [0.2, 0.25) is 0 Å². The molecule has 0 amide bonds. The normalized spacial score (nSPS) is 29.5. The molecule has 1 unspecified atom stereocenters. The molecule has 1 aliphatic heterocycles. The quantitative estimate of drug-likeness (QED) is 0.677. The van der Waals surface area contributed by atoms with Crippen molar-refractivity contribution in [3.05, 3.63) is 11.8 Å². The first-order valence-corrected chi connectivity index (χ1v) is 5.35. The summed E-state index contributed by atoms with van der Waals surface area (Å²) in [6, 6.07) is 0. The summed E-state index contributed by atoms with van der Waals surface area (Å²) in [7, 11) is 0. The molecule has 0 aromatic heterocycles. The number of hydrogen-bond acceptors (Lipinski definition) is 4. The van der Waals surface area contributed by atoms with Gasteiger partial charge >= 0.3 is 0 Å². The van der Waals surface area contributed by atoms with Crippen LogP contribution in [0.25, 0.3) is 0 Å². The number of carbonyl (C=O) groups is 1. The van der Waals surface area contributed by atoms with Gasteiger partial charge in [-0.1, -0.05) is 0 Å². The standard InChI is InChI=1S/C9H13O3.C2H4O2.Pd/c1-2-11-9-4-6-3-7(10)5-8(6)12-9;1-2(3)4;/h3,6,8-9H,2,4-5H2,1H3;1H3,(H,3,4);/p-1/t6-,8-,9?;;/m0../s1. The molecular weight excluding hydrogens is 319 g/mol. The zero-order valence-corrected chi connectivity index (χ0v) is 11.3. The number of rotatable bonds is 2. The van der Waals surface area contributed by atoms with Crippen molar-refractivity contribution in [3.63, 3.8) is 0 Å². The van der Waals surface area contributed by atoms with E-state index in [-0.39, 0.29) is 38.6 Å². The summed E-state index contributed by atoms with van der Waals surface area (Å²) in [5.74, 6) is -0.547. The molecule has 17 heavy (non-hydrogen) atoms. The Morgan fingerprint density at radius 1 is 1.65 bits per heavy atom. The molecule has 101 valence electrons. The van der Waals surface area contributed by atoms with E-state index >= 15 is 0 Å². The maximum atomic E-state index is 10.9. The third-order valence-electron chi connectivity index (χ3n) is 2.42. The molecule has 0 bridgehead atoms. The predicted octanol–water partition coefficient (Wildman–Crippen LogP) is 0.226. The molecule has 0 N–H and O–H groups in total. The molecule has 1 saturated heterocycles. The van der Waals surface area contributed by atoms with Crippen molar-refractivity contribution in [2.24, 2.45) is 5.92 Å². The molecule has 1 aliphatic carbocycles. The molecule has 0 aromatic rings. The summed E-state index contributed by atoms with van der Waals surface area (Å²) in [5, 5.41) is 19.8. The van der Waals surface area contributed by atoms with Gasteiger partial charge in [0, 0.05) is 51.8 Å². The van der Waals surface area contributed by atoms with Crippen LogP contribution in [0.4, 0.5) is 0 Å². The molecule has 2 rings (SSSR count). The van der Waals surface area contributed by atoms with Crippen LogP contribution < -0.4 is 5.11 Å². The van der Waals surface area contributed by atoms with Crippen molar-refractivity contribution in [2.75, 3.05) is 6.61 Å². The number of ether oxygens (including phenoxy) is 2. The van der Waals surface area contributed by atoms with E-state index in [1.807, 2.05) is 6.92 Å². The molecule has 0 saturated carbocycles. The van der Waals surface area contributed by atoms with E-state index in [4.69, 9.17) is 19.4 Å². The molecule has 1 heterocycles. The van der Waals surface area contributed by atoms with Gasteiger partial charge in [0.05, 0.1) is 6.10 Å². The van der Waals surface area contributed by atoms with Crippen molar-refractivity contribution in [1.29, 1.82) is 0 Å². The van der Waals surface area contributed by atoms with Gasteiger partial charge < -0.3 is 19.4 Å². The van der Waals surface area contributed by atoms with Gasteiger partial charge in [-0.15, -0.1) is 0 Å². The van der Waals surface area contributed by atoms with E-state index in [1.54, 1.807) is 6.08 Å². The van der Waals surface area contributed by atoms with Crippen molar-refractivity contribution in [1.82, 2.24) is 0 Å². The number of fused-ring (bicyclic) bond motifs is 1. The van der Waals surface area contributed by atoms with E-state index in [9.17, 15) is 5.11 Å². The Bertz CT molecular complexity index is 275. The topological polar surface area (TPSA) is 78.5 Å². The van der Waals surface area contributed by atoms with Crippen LogP contribution in [0.5, 0.6) is 0 Å². The Balaban J connectivity index is 0.000000453. The number of aliphatic carboxylic acids is 1.